The number of nitrogens with two attached hydrogens (primary N) is 1. The minimum absolute atomic E-state index is 0.0133. The lowest BCUT2D eigenvalue weighted by atomic mass is 9.88. The third-order valence-corrected chi connectivity index (χ3v) is 4.27. The molecule has 0 amide bonds. The summed E-state index contributed by atoms with van der Waals surface area (Å²) < 4.78 is 1.00. The molecule has 0 aliphatic heterocycles. The molecule has 19 heavy (non-hydrogen) atoms. The highest BCUT2D eigenvalue weighted by molar-refractivity contribution is 9.10. The molecule has 0 spiro atoms. The first-order valence-electron chi connectivity index (χ1n) is 6.76. The standard InChI is InChI=1S/C14H25BrN4/c1-5-19(6-2)14(3,4)13(18-16)8-11-7-12(15)10-17-9-11/h7,9-10,13,18H,5-6,8,16H2,1-4H3. The van der Waals surface area contributed by atoms with Gasteiger partial charge in [0, 0.05) is 28.4 Å². The van der Waals surface area contributed by atoms with E-state index < -0.39 is 0 Å². The topological polar surface area (TPSA) is 54.2 Å². The van der Waals surface area contributed by atoms with Gasteiger partial charge in [0.25, 0.3) is 0 Å². The molecule has 0 fully saturated rings. The fourth-order valence-corrected chi connectivity index (χ4v) is 2.99. The van der Waals surface area contributed by atoms with E-state index in [0.717, 1.165) is 24.0 Å². The van der Waals surface area contributed by atoms with Gasteiger partial charge in [-0.1, -0.05) is 13.8 Å². The summed E-state index contributed by atoms with van der Waals surface area (Å²) in [6.07, 6.45) is 4.55. The molecule has 1 aromatic rings. The van der Waals surface area contributed by atoms with Crippen LogP contribution in [0.15, 0.2) is 22.9 Å². The lowest BCUT2D eigenvalue weighted by Crippen LogP contribution is -2.60. The van der Waals surface area contributed by atoms with Crippen molar-refractivity contribution in [1.82, 2.24) is 15.3 Å². The number of nitrogens with zero attached hydrogens (tertiary/aromatic N) is 2. The summed E-state index contributed by atoms with van der Waals surface area (Å²) in [6.45, 7) is 10.8. The van der Waals surface area contributed by atoms with E-state index in [9.17, 15) is 0 Å². The Morgan fingerprint density at radius 2 is 2.00 bits per heavy atom. The fourth-order valence-electron chi connectivity index (χ4n) is 2.57. The average molecular weight is 329 g/mol. The Balaban J connectivity index is 2.88. The zero-order valence-electron chi connectivity index (χ0n) is 12.3. The number of likely N-dealkylation sites (N-methyl/N-ethyl adjacent to an activating group) is 1. The minimum Gasteiger partial charge on any atom is -0.297 e. The van der Waals surface area contributed by atoms with Gasteiger partial charge in [-0.15, -0.1) is 0 Å². The molecule has 0 aliphatic carbocycles. The molecular weight excluding hydrogens is 304 g/mol. The zero-order valence-corrected chi connectivity index (χ0v) is 13.9. The van der Waals surface area contributed by atoms with E-state index in [1.54, 1.807) is 6.20 Å². The van der Waals surface area contributed by atoms with Crippen LogP contribution in [-0.4, -0.2) is 34.6 Å². The van der Waals surface area contributed by atoms with Crippen molar-refractivity contribution in [3.05, 3.63) is 28.5 Å². The Morgan fingerprint density at radius 1 is 1.37 bits per heavy atom. The number of hydrogen-bond acceptors (Lipinski definition) is 4. The molecular formula is C14H25BrN4. The Hall–Kier alpha value is -0.490. The summed E-state index contributed by atoms with van der Waals surface area (Å²) in [5, 5.41) is 0. The molecule has 1 rings (SSSR count). The number of pyridine rings is 1. The maximum absolute atomic E-state index is 5.78. The number of nitrogens with one attached hydrogen (secondary N) is 1. The van der Waals surface area contributed by atoms with Crippen molar-refractivity contribution in [1.29, 1.82) is 0 Å². The van der Waals surface area contributed by atoms with Crippen LogP contribution >= 0.6 is 15.9 Å². The van der Waals surface area contributed by atoms with Crippen molar-refractivity contribution in [2.75, 3.05) is 13.1 Å². The lowest BCUT2D eigenvalue weighted by molar-refractivity contribution is 0.0912. The first kappa shape index (κ1) is 16.6. The molecule has 0 aromatic carbocycles. The quantitative estimate of drug-likeness (QED) is 0.596. The summed E-state index contributed by atoms with van der Waals surface area (Å²) in [5.74, 6) is 5.78. The van der Waals surface area contributed by atoms with Crippen molar-refractivity contribution in [3.63, 3.8) is 0 Å². The highest BCUT2D eigenvalue weighted by Crippen LogP contribution is 2.22. The maximum Gasteiger partial charge on any atom is 0.0430 e. The van der Waals surface area contributed by atoms with E-state index in [2.05, 4.69) is 65.0 Å². The maximum atomic E-state index is 5.78. The van der Waals surface area contributed by atoms with E-state index in [-0.39, 0.29) is 11.6 Å². The molecule has 5 heteroatoms. The minimum atomic E-state index is -0.0133. The average Bonchev–Trinajstić information content (AvgIpc) is 2.37. The predicted octanol–water partition coefficient (Wildman–Crippen LogP) is 2.34. The SMILES string of the molecule is CCN(CC)C(C)(C)C(Cc1cncc(Br)c1)NN. The van der Waals surface area contributed by atoms with Crippen LogP contribution in [0, 0.1) is 0 Å². The van der Waals surface area contributed by atoms with Gasteiger partial charge in [0.15, 0.2) is 0 Å². The molecule has 1 heterocycles. The van der Waals surface area contributed by atoms with Gasteiger partial charge in [-0.2, -0.15) is 0 Å². The van der Waals surface area contributed by atoms with Crippen molar-refractivity contribution in [2.24, 2.45) is 5.84 Å². The molecule has 1 unspecified atom stereocenters. The van der Waals surface area contributed by atoms with Crippen molar-refractivity contribution >= 4 is 15.9 Å². The predicted molar refractivity (Wildman–Crippen MR) is 83.8 cm³/mol. The molecule has 3 N–H and O–H groups in total. The molecule has 4 nitrogen and oxygen atoms in total. The number of rotatable bonds is 7. The summed E-state index contributed by atoms with van der Waals surface area (Å²) in [6, 6.07) is 2.26. The van der Waals surface area contributed by atoms with Crippen molar-refractivity contribution in [3.8, 4) is 0 Å². The van der Waals surface area contributed by atoms with Gasteiger partial charge in [-0.05, 0) is 60.9 Å². The largest absolute Gasteiger partial charge is 0.297 e. The molecule has 0 radical (unpaired) electrons. The number of hydrazine groups is 1. The van der Waals surface area contributed by atoms with Gasteiger partial charge in [0.2, 0.25) is 0 Å². The van der Waals surface area contributed by atoms with Crippen LogP contribution in [0.4, 0.5) is 0 Å². The lowest BCUT2D eigenvalue weighted by Gasteiger charge is -2.43. The van der Waals surface area contributed by atoms with Crippen LogP contribution in [0.2, 0.25) is 0 Å². The van der Waals surface area contributed by atoms with Crippen molar-refractivity contribution < 1.29 is 0 Å². The zero-order chi connectivity index (χ0) is 14.5. The summed E-state index contributed by atoms with van der Waals surface area (Å²) in [7, 11) is 0. The van der Waals surface area contributed by atoms with Gasteiger partial charge >= 0.3 is 0 Å². The second-order valence-corrected chi connectivity index (χ2v) is 6.18. The normalized spacial score (nSPS) is 13.8. The van der Waals surface area contributed by atoms with Gasteiger partial charge in [-0.3, -0.25) is 21.2 Å². The van der Waals surface area contributed by atoms with Gasteiger partial charge in [-0.25, -0.2) is 0 Å². The van der Waals surface area contributed by atoms with Gasteiger partial charge in [0.1, 0.15) is 0 Å². The van der Waals surface area contributed by atoms with Crippen LogP contribution in [-0.2, 0) is 6.42 Å². The van der Waals surface area contributed by atoms with Crippen molar-refractivity contribution in [2.45, 2.75) is 45.7 Å². The molecule has 108 valence electrons. The summed E-state index contributed by atoms with van der Waals surface area (Å²) in [4.78, 5) is 6.63. The molecule has 1 aromatic heterocycles. The molecule has 0 bridgehead atoms. The first-order chi connectivity index (χ1) is 8.95. The van der Waals surface area contributed by atoms with E-state index >= 15 is 0 Å². The van der Waals surface area contributed by atoms with Crippen LogP contribution in [0.5, 0.6) is 0 Å². The van der Waals surface area contributed by atoms with Gasteiger partial charge in [0.05, 0.1) is 0 Å². The Morgan fingerprint density at radius 3 is 2.47 bits per heavy atom. The van der Waals surface area contributed by atoms with E-state index in [1.807, 2.05) is 6.20 Å². The number of hydrogen-bond donors (Lipinski definition) is 2. The molecule has 1 atom stereocenters. The van der Waals surface area contributed by atoms with Gasteiger partial charge < -0.3 is 0 Å². The van der Waals surface area contributed by atoms with Crippen LogP contribution in [0.25, 0.3) is 0 Å². The first-order valence-corrected chi connectivity index (χ1v) is 7.55. The summed E-state index contributed by atoms with van der Waals surface area (Å²) >= 11 is 3.46. The second-order valence-electron chi connectivity index (χ2n) is 5.26. The second kappa shape index (κ2) is 7.33. The Labute approximate surface area is 124 Å². The van der Waals surface area contributed by atoms with Crippen LogP contribution < -0.4 is 11.3 Å². The highest BCUT2D eigenvalue weighted by Gasteiger charge is 2.33. The number of halogens is 1. The molecule has 0 aliphatic rings. The highest BCUT2D eigenvalue weighted by atomic mass is 79.9. The van der Waals surface area contributed by atoms with Crippen LogP contribution in [0.1, 0.15) is 33.3 Å². The fraction of sp³-hybridized carbons (Fsp3) is 0.643. The van der Waals surface area contributed by atoms with E-state index in [0.29, 0.717) is 0 Å². The smallest absolute Gasteiger partial charge is 0.0430 e. The number of aromatic nitrogens is 1. The Kier molecular flexibility index (Phi) is 6.39. The van der Waals surface area contributed by atoms with Crippen LogP contribution in [0.3, 0.4) is 0 Å². The van der Waals surface area contributed by atoms with E-state index in [4.69, 9.17) is 5.84 Å². The Bertz CT molecular complexity index is 391. The third kappa shape index (κ3) is 4.24. The third-order valence-electron chi connectivity index (χ3n) is 3.83. The molecule has 0 saturated heterocycles. The molecule has 0 saturated carbocycles. The monoisotopic (exact) mass is 328 g/mol. The van der Waals surface area contributed by atoms with E-state index in [1.165, 1.54) is 5.56 Å². The summed E-state index contributed by atoms with van der Waals surface area (Å²) in [5.41, 5.74) is 4.14.